The third-order valence-corrected chi connectivity index (χ3v) is 5.87. The second-order valence-electron chi connectivity index (χ2n) is 7.72. The van der Waals surface area contributed by atoms with E-state index in [4.69, 9.17) is 9.84 Å². The van der Waals surface area contributed by atoms with Gasteiger partial charge in [0.25, 0.3) is 0 Å². The first-order valence-corrected chi connectivity index (χ1v) is 9.18. The van der Waals surface area contributed by atoms with Crippen molar-refractivity contribution in [3.63, 3.8) is 0 Å². The van der Waals surface area contributed by atoms with Crippen molar-refractivity contribution in [2.45, 2.75) is 30.9 Å². The number of nitrogens with zero attached hydrogens (tertiary/aromatic N) is 4. The highest BCUT2D eigenvalue weighted by Crippen LogP contribution is 2.33. The maximum absolute atomic E-state index is 12.3. The van der Waals surface area contributed by atoms with Crippen molar-refractivity contribution in [3.8, 4) is 0 Å². The molecule has 3 heterocycles. The third kappa shape index (κ3) is 4.07. The molecule has 0 saturated carbocycles. The summed E-state index contributed by atoms with van der Waals surface area (Å²) in [5.74, 6) is -0.250. The molecular weight excluding hydrogens is 324 g/mol. The van der Waals surface area contributed by atoms with E-state index < -0.39 is 12.2 Å². The number of carbonyl (C=O) groups excluding carboxylic acids is 2. The lowest BCUT2D eigenvalue weighted by Gasteiger charge is -2.37. The topological polar surface area (TPSA) is 76.6 Å². The minimum Gasteiger partial charge on any atom is -0.441 e. The van der Waals surface area contributed by atoms with Crippen molar-refractivity contribution in [2.24, 2.45) is 0 Å². The van der Waals surface area contributed by atoms with Crippen LogP contribution in [0.2, 0.25) is 0 Å². The molecule has 0 aromatic heterocycles. The number of ether oxygens (including phenoxy) is 1. The van der Waals surface area contributed by atoms with Gasteiger partial charge in [0.15, 0.2) is 0 Å². The smallest absolute Gasteiger partial charge is 0.410 e. The van der Waals surface area contributed by atoms with Crippen molar-refractivity contribution in [2.75, 3.05) is 66.5 Å². The zero-order chi connectivity index (χ0) is 18.0. The van der Waals surface area contributed by atoms with E-state index >= 15 is 0 Å². The monoisotopic (exact) mass is 354 g/mol. The molecule has 3 rings (SSSR count). The molecule has 0 aromatic carbocycles. The molecule has 0 radical (unpaired) electrons. The first kappa shape index (κ1) is 18.4. The van der Waals surface area contributed by atoms with E-state index in [0.29, 0.717) is 45.1 Å². The number of aliphatic hydroxyl groups is 1. The van der Waals surface area contributed by atoms with Gasteiger partial charge in [-0.1, -0.05) is 0 Å². The molecule has 3 fully saturated rings. The van der Waals surface area contributed by atoms with Crippen LogP contribution in [0.3, 0.4) is 0 Å². The Bertz CT molecular complexity index is 505. The number of likely N-dealkylation sites (N-methyl/N-ethyl adjacent to an activating group) is 1. The number of piperidine rings is 1. The highest BCUT2D eigenvalue weighted by Gasteiger charge is 2.47. The van der Waals surface area contributed by atoms with E-state index in [1.165, 1.54) is 6.42 Å². The number of rotatable bonds is 5. The normalized spacial score (nSPS) is 26.7. The molecule has 3 saturated heterocycles. The minimum atomic E-state index is -0.458. The maximum Gasteiger partial charge on any atom is 0.410 e. The summed E-state index contributed by atoms with van der Waals surface area (Å²) in [5, 5.41) is 8.96. The fraction of sp³-hybridized carbons (Fsp3) is 0.882. The summed E-state index contributed by atoms with van der Waals surface area (Å²) in [6, 6.07) is 0.602. The van der Waals surface area contributed by atoms with E-state index in [0.717, 1.165) is 19.6 Å². The van der Waals surface area contributed by atoms with Crippen LogP contribution in [0.25, 0.3) is 0 Å². The molecule has 3 aliphatic rings. The summed E-state index contributed by atoms with van der Waals surface area (Å²) in [7, 11) is 4.23. The van der Waals surface area contributed by atoms with Gasteiger partial charge in [-0.2, -0.15) is 0 Å². The van der Waals surface area contributed by atoms with Crippen LogP contribution in [-0.4, -0.2) is 115 Å². The highest BCUT2D eigenvalue weighted by atomic mass is 16.6. The molecule has 2 amide bonds. The van der Waals surface area contributed by atoms with Crippen LogP contribution in [0.15, 0.2) is 0 Å². The van der Waals surface area contributed by atoms with Crippen molar-refractivity contribution >= 4 is 12.0 Å². The summed E-state index contributed by atoms with van der Waals surface area (Å²) in [5.41, 5.74) is -0.458. The Morgan fingerprint density at radius 1 is 1.28 bits per heavy atom. The Morgan fingerprint density at radius 3 is 2.60 bits per heavy atom. The van der Waals surface area contributed by atoms with Crippen LogP contribution in [0.4, 0.5) is 4.79 Å². The molecule has 3 aliphatic heterocycles. The van der Waals surface area contributed by atoms with E-state index in [1.807, 2.05) is 4.90 Å². The predicted octanol–water partition coefficient (Wildman–Crippen LogP) is -0.572. The Balaban J connectivity index is 1.46. The Hall–Kier alpha value is -1.38. The summed E-state index contributed by atoms with van der Waals surface area (Å²) in [6.07, 6.45) is 2.24. The molecule has 0 unspecified atom stereocenters. The lowest BCUT2D eigenvalue weighted by atomic mass is 9.91. The number of hydrogen-bond donors (Lipinski definition) is 1. The van der Waals surface area contributed by atoms with E-state index in [-0.39, 0.29) is 12.0 Å². The van der Waals surface area contributed by atoms with Crippen LogP contribution < -0.4 is 0 Å². The second kappa shape index (κ2) is 7.47. The molecule has 25 heavy (non-hydrogen) atoms. The zero-order valence-corrected chi connectivity index (χ0v) is 15.3. The summed E-state index contributed by atoms with van der Waals surface area (Å²) < 4.78 is 5.70. The maximum atomic E-state index is 12.3. The van der Waals surface area contributed by atoms with Crippen LogP contribution >= 0.6 is 0 Å². The summed E-state index contributed by atoms with van der Waals surface area (Å²) >= 11 is 0. The molecule has 8 nitrogen and oxygen atoms in total. The second-order valence-corrected chi connectivity index (χ2v) is 7.72. The number of carbonyl (C=O) groups is 2. The molecule has 1 spiro atoms. The molecule has 0 bridgehead atoms. The lowest BCUT2D eigenvalue weighted by molar-refractivity contribution is -0.137. The first-order valence-electron chi connectivity index (χ1n) is 9.18. The number of aliphatic hydroxyl groups excluding tert-OH is 1. The van der Waals surface area contributed by atoms with Gasteiger partial charge in [-0.05, 0) is 27.1 Å². The standard InChI is InChI=1S/C17H30N4O4/c1-18(2)14-3-6-19(11-14)9-10-21-13-17(25-16(21)24)4-7-20(8-5-17)15(23)12-22/h14,22H,3-13H2,1-2H3/t14-/m0/s1. The van der Waals surface area contributed by atoms with Gasteiger partial charge in [-0.15, -0.1) is 0 Å². The van der Waals surface area contributed by atoms with Crippen molar-refractivity contribution < 1.29 is 19.4 Å². The fourth-order valence-corrected chi connectivity index (χ4v) is 4.09. The predicted molar refractivity (Wildman–Crippen MR) is 92.2 cm³/mol. The lowest BCUT2D eigenvalue weighted by Crippen LogP contribution is -2.49. The van der Waals surface area contributed by atoms with Gasteiger partial charge in [0.2, 0.25) is 5.91 Å². The Kier molecular flexibility index (Phi) is 5.50. The molecule has 0 aliphatic carbocycles. The average Bonchev–Trinajstić information content (AvgIpc) is 3.18. The molecule has 0 aromatic rings. The van der Waals surface area contributed by atoms with Gasteiger partial charge in [-0.25, -0.2) is 4.79 Å². The van der Waals surface area contributed by atoms with E-state index in [9.17, 15) is 9.59 Å². The van der Waals surface area contributed by atoms with Gasteiger partial charge in [-0.3, -0.25) is 9.69 Å². The molecular formula is C17H30N4O4. The van der Waals surface area contributed by atoms with E-state index in [1.54, 1.807) is 4.90 Å². The van der Waals surface area contributed by atoms with Crippen LogP contribution in [0.1, 0.15) is 19.3 Å². The number of amides is 2. The minimum absolute atomic E-state index is 0.231. The van der Waals surface area contributed by atoms with Gasteiger partial charge < -0.3 is 24.5 Å². The van der Waals surface area contributed by atoms with Gasteiger partial charge in [0, 0.05) is 51.6 Å². The van der Waals surface area contributed by atoms with Crippen LogP contribution in [-0.2, 0) is 9.53 Å². The van der Waals surface area contributed by atoms with Crippen LogP contribution in [0.5, 0.6) is 0 Å². The van der Waals surface area contributed by atoms with Gasteiger partial charge in [0.05, 0.1) is 6.54 Å². The number of likely N-dealkylation sites (tertiary alicyclic amines) is 2. The van der Waals surface area contributed by atoms with Gasteiger partial charge in [0.1, 0.15) is 12.2 Å². The van der Waals surface area contributed by atoms with Crippen LogP contribution in [0, 0.1) is 0 Å². The summed E-state index contributed by atoms with van der Waals surface area (Å²) in [4.78, 5) is 32.0. The Morgan fingerprint density at radius 2 is 2.00 bits per heavy atom. The quantitative estimate of drug-likeness (QED) is 0.712. The molecule has 142 valence electrons. The summed E-state index contributed by atoms with van der Waals surface area (Å²) in [6.45, 7) is 4.94. The zero-order valence-electron chi connectivity index (χ0n) is 15.3. The number of hydrogen-bond acceptors (Lipinski definition) is 6. The highest BCUT2D eigenvalue weighted by molar-refractivity contribution is 5.77. The van der Waals surface area contributed by atoms with Crippen molar-refractivity contribution in [1.29, 1.82) is 0 Å². The van der Waals surface area contributed by atoms with Crippen molar-refractivity contribution in [3.05, 3.63) is 0 Å². The van der Waals surface area contributed by atoms with Gasteiger partial charge >= 0.3 is 6.09 Å². The molecule has 1 atom stereocenters. The van der Waals surface area contributed by atoms with E-state index in [2.05, 4.69) is 23.9 Å². The molecule has 8 heteroatoms. The fourth-order valence-electron chi connectivity index (χ4n) is 4.09. The Labute approximate surface area is 149 Å². The SMILES string of the molecule is CN(C)[C@H]1CCN(CCN2CC3(CCN(C(=O)CO)CC3)OC2=O)C1. The third-order valence-electron chi connectivity index (χ3n) is 5.87. The largest absolute Gasteiger partial charge is 0.441 e. The van der Waals surface area contributed by atoms with Crippen molar-refractivity contribution in [1.82, 2.24) is 19.6 Å². The first-order chi connectivity index (χ1) is 11.9. The average molecular weight is 354 g/mol. The molecule has 1 N–H and O–H groups in total.